The van der Waals surface area contributed by atoms with Crippen LogP contribution in [0.1, 0.15) is 44.6 Å². The van der Waals surface area contributed by atoms with Gasteiger partial charge in [0.2, 0.25) is 0 Å². The van der Waals surface area contributed by atoms with E-state index in [9.17, 15) is 9.90 Å². The van der Waals surface area contributed by atoms with Crippen molar-refractivity contribution in [1.82, 2.24) is 0 Å². The van der Waals surface area contributed by atoms with E-state index in [2.05, 4.69) is 13.8 Å². The lowest BCUT2D eigenvalue weighted by Crippen LogP contribution is -2.32. The number of hydrogen-bond donors (Lipinski definition) is 1. The van der Waals surface area contributed by atoms with Gasteiger partial charge in [0, 0.05) is 0 Å². The van der Waals surface area contributed by atoms with E-state index in [1.165, 1.54) is 0 Å². The molecule has 0 amide bonds. The Morgan fingerprint density at radius 2 is 1.95 bits per heavy atom. The van der Waals surface area contributed by atoms with E-state index in [0.717, 1.165) is 30.6 Å². The second kappa shape index (κ2) is 5.24. The average Bonchev–Trinajstić information content (AvgIpc) is 2.37. The topological polar surface area (TPSA) is 46.5 Å². The first-order valence-corrected chi connectivity index (χ1v) is 6.80. The standard InChI is InChI=1S/C16H22O3/c1-16(2)9-8-13(15(17)18)14(10-16)11-4-6-12(19-3)7-5-11/h4-7,13-14H,8-10H2,1-3H3,(H,17,18). The molecule has 2 rings (SSSR count). The molecule has 104 valence electrons. The zero-order valence-corrected chi connectivity index (χ0v) is 11.8. The Bertz CT molecular complexity index is 448. The van der Waals surface area contributed by atoms with Gasteiger partial charge in [-0.1, -0.05) is 26.0 Å². The van der Waals surface area contributed by atoms with Crippen molar-refractivity contribution < 1.29 is 14.6 Å². The Kier molecular flexibility index (Phi) is 3.83. The predicted octanol–water partition coefficient (Wildman–Crippen LogP) is 3.69. The fraction of sp³-hybridized carbons (Fsp3) is 0.562. The zero-order chi connectivity index (χ0) is 14.0. The number of aliphatic carboxylic acids is 1. The van der Waals surface area contributed by atoms with E-state index in [4.69, 9.17) is 4.74 Å². The van der Waals surface area contributed by atoms with Crippen LogP contribution in [0, 0.1) is 11.3 Å². The Morgan fingerprint density at radius 1 is 1.32 bits per heavy atom. The average molecular weight is 262 g/mol. The van der Waals surface area contributed by atoms with Crippen LogP contribution in [-0.2, 0) is 4.79 Å². The minimum absolute atomic E-state index is 0.104. The van der Waals surface area contributed by atoms with Gasteiger partial charge in [-0.3, -0.25) is 4.79 Å². The first-order valence-electron chi connectivity index (χ1n) is 6.80. The molecular weight excluding hydrogens is 240 g/mol. The van der Waals surface area contributed by atoms with Crippen LogP contribution >= 0.6 is 0 Å². The van der Waals surface area contributed by atoms with Crippen molar-refractivity contribution in [2.75, 3.05) is 7.11 Å². The van der Waals surface area contributed by atoms with Crippen LogP contribution in [0.4, 0.5) is 0 Å². The third kappa shape index (κ3) is 3.09. The third-order valence-electron chi connectivity index (χ3n) is 4.25. The van der Waals surface area contributed by atoms with Crippen molar-refractivity contribution in [1.29, 1.82) is 0 Å². The molecule has 1 aliphatic carbocycles. The lowest BCUT2D eigenvalue weighted by atomic mass is 9.65. The summed E-state index contributed by atoms with van der Waals surface area (Å²) >= 11 is 0. The van der Waals surface area contributed by atoms with E-state index in [1.54, 1.807) is 7.11 Å². The van der Waals surface area contributed by atoms with Crippen molar-refractivity contribution in [3.8, 4) is 5.75 Å². The Hall–Kier alpha value is -1.51. The van der Waals surface area contributed by atoms with Crippen LogP contribution in [0.25, 0.3) is 0 Å². The zero-order valence-electron chi connectivity index (χ0n) is 11.8. The highest BCUT2D eigenvalue weighted by Gasteiger charge is 2.39. The van der Waals surface area contributed by atoms with Crippen molar-refractivity contribution in [3.63, 3.8) is 0 Å². The number of carboxylic acids is 1. The molecule has 0 aliphatic heterocycles. The van der Waals surface area contributed by atoms with Crippen molar-refractivity contribution in [2.45, 2.75) is 39.0 Å². The summed E-state index contributed by atoms with van der Waals surface area (Å²) in [4.78, 5) is 11.4. The van der Waals surface area contributed by atoms with Gasteiger partial charge < -0.3 is 9.84 Å². The van der Waals surface area contributed by atoms with Crippen LogP contribution in [0.5, 0.6) is 5.75 Å². The highest BCUT2D eigenvalue weighted by atomic mass is 16.5. The number of methoxy groups -OCH3 is 1. The Morgan fingerprint density at radius 3 is 2.47 bits per heavy atom. The third-order valence-corrected chi connectivity index (χ3v) is 4.25. The van der Waals surface area contributed by atoms with Crippen LogP contribution in [0.3, 0.4) is 0 Å². The predicted molar refractivity (Wildman–Crippen MR) is 74.5 cm³/mol. The minimum Gasteiger partial charge on any atom is -0.497 e. The van der Waals surface area contributed by atoms with Gasteiger partial charge in [0.05, 0.1) is 13.0 Å². The summed E-state index contributed by atoms with van der Waals surface area (Å²) in [5, 5.41) is 9.42. The number of carboxylic acid groups (broad SMARTS) is 1. The first kappa shape index (κ1) is 13.9. The molecule has 3 heteroatoms. The van der Waals surface area contributed by atoms with Crippen LogP contribution in [0.2, 0.25) is 0 Å². The molecule has 1 aromatic rings. The van der Waals surface area contributed by atoms with E-state index >= 15 is 0 Å². The maximum Gasteiger partial charge on any atom is 0.307 e. The van der Waals surface area contributed by atoms with Gasteiger partial charge in [0.25, 0.3) is 0 Å². The van der Waals surface area contributed by atoms with Gasteiger partial charge in [0.1, 0.15) is 5.75 Å². The van der Waals surface area contributed by atoms with Gasteiger partial charge in [-0.25, -0.2) is 0 Å². The molecule has 1 fully saturated rings. The second-order valence-electron chi connectivity index (χ2n) is 6.23. The van der Waals surface area contributed by atoms with E-state index in [-0.39, 0.29) is 17.3 Å². The van der Waals surface area contributed by atoms with Gasteiger partial charge in [0.15, 0.2) is 0 Å². The minimum atomic E-state index is -0.670. The molecule has 0 spiro atoms. The number of ether oxygens (including phenoxy) is 1. The SMILES string of the molecule is COc1ccc(C2CC(C)(C)CCC2C(=O)O)cc1. The Labute approximate surface area is 114 Å². The summed E-state index contributed by atoms with van der Waals surface area (Å²) in [6.07, 6.45) is 2.67. The summed E-state index contributed by atoms with van der Waals surface area (Å²) in [5.74, 6) is -0.0180. The van der Waals surface area contributed by atoms with Gasteiger partial charge in [-0.05, 0) is 48.3 Å². The summed E-state index contributed by atoms with van der Waals surface area (Å²) in [6, 6.07) is 7.83. The summed E-state index contributed by atoms with van der Waals surface area (Å²) < 4.78 is 5.16. The van der Waals surface area contributed by atoms with Gasteiger partial charge >= 0.3 is 5.97 Å². The maximum absolute atomic E-state index is 11.4. The van der Waals surface area contributed by atoms with Gasteiger partial charge in [-0.2, -0.15) is 0 Å². The van der Waals surface area contributed by atoms with Crippen molar-refractivity contribution in [3.05, 3.63) is 29.8 Å². The summed E-state index contributed by atoms with van der Waals surface area (Å²) in [6.45, 7) is 4.45. The molecule has 0 heterocycles. The lowest BCUT2D eigenvalue weighted by Gasteiger charge is -2.39. The number of rotatable bonds is 3. The fourth-order valence-corrected chi connectivity index (χ4v) is 3.08. The van der Waals surface area contributed by atoms with Crippen molar-refractivity contribution >= 4 is 5.97 Å². The molecule has 1 N–H and O–H groups in total. The van der Waals surface area contributed by atoms with Crippen molar-refractivity contribution in [2.24, 2.45) is 11.3 Å². The maximum atomic E-state index is 11.4. The summed E-state index contributed by atoms with van der Waals surface area (Å²) in [5.41, 5.74) is 1.33. The largest absolute Gasteiger partial charge is 0.497 e. The molecule has 1 saturated carbocycles. The molecule has 0 aromatic heterocycles. The quantitative estimate of drug-likeness (QED) is 0.903. The highest BCUT2D eigenvalue weighted by Crippen LogP contribution is 2.46. The molecule has 0 saturated heterocycles. The lowest BCUT2D eigenvalue weighted by molar-refractivity contribution is -0.144. The van der Waals surface area contributed by atoms with Gasteiger partial charge in [-0.15, -0.1) is 0 Å². The van der Waals surface area contributed by atoms with E-state index < -0.39 is 5.97 Å². The number of benzene rings is 1. The smallest absolute Gasteiger partial charge is 0.307 e. The van der Waals surface area contributed by atoms with Crippen LogP contribution < -0.4 is 4.74 Å². The fourth-order valence-electron chi connectivity index (χ4n) is 3.08. The molecule has 0 bridgehead atoms. The molecule has 1 aromatic carbocycles. The second-order valence-corrected chi connectivity index (χ2v) is 6.23. The molecule has 0 radical (unpaired) electrons. The van der Waals surface area contributed by atoms with Crippen LogP contribution in [-0.4, -0.2) is 18.2 Å². The summed E-state index contributed by atoms with van der Waals surface area (Å²) in [7, 11) is 1.64. The Balaban J connectivity index is 2.27. The first-order chi connectivity index (χ1) is 8.93. The highest BCUT2D eigenvalue weighted by molar-refractivity contribution is 5.71. The normalized spacial score (nSPS) is 25.8. The van der Waals surface area contributed by atoms with E-state index in [0.29, 0.717) is 0 Å². The van der Waals surface area contributed by atoms with Crippen LogP contribution in [0.15, 0.2) is 24.3 Å². The number of hydrogen-bond acceptors (Lipinski definition) is 2. The monoisotopic (exact) mass is 262 g/mol. The molecule has 19 heavy (non-hydrogen) atoms. The molecule has 2 unspecified atom stereocenters. The molecule has 1 aliphatic rings. The van der Waals surface area contributed by atoms with E-state index in [1.807, 2.05) is 24.3 Å². The molecule has 2 atom stereocenters. The molecule has 3 nitrogen and oxygen atoms in total. The molecular formula is C16H22O3. The number of carbonyl (C=O) groups is 1.